The van der Waals surface area contributed by atoms with E-state index in [2.05, 4.69) is 15.5 Å². The number of hydrogen-bond acceptors (Lipinski definition) is 7. The van der Waals surface area contributed by atoms with Gasteiger partial charge in [-0.2, -0.15) is 5.10 Å². The zero-order chi connectivity index (χ0) is 21.0. The molecule has 0 atom stereocenters. The Kier molecular flexibility index (Phi) is 5.95. The molecular weight excluding hydrogens is 390 g/mol. The van der Waals surface area contributed by atoms with Gasteiger partial charge in [0.15, 0.2) is 0 Å². The number of aromatic nitrogens is 1. The van der Waals surface area contributed by atoms with Gasteiger partial charge in [-0.3, -0.25) is 10.4 Å². The van der Waals surface area contributed by atoms with Crippen molar-refractivity contribution < 1.29 is 18.6 Å². The highest BCUT2D eigenvalue weighted by molar-refractivity contribution is 7.91. The summed E-state index contributed by atoms with van der Waals surface area (Å²) in [7, 11) is -3.59. The summed E-state index contributed by atoms with van der Waals surface area (Å²) >= 11 is 0. The summed E-state index contributed by atoms with van der Waals surface area (Å²) in [5, 5.41) is 23.5. The predicted octanol–water partition coefficient (Wildman–Crippen LogP) is 3.18. The average molecular weight is 411 g/mol. The van der Waals surface area contributed by atoms with Crippen molar-refractivity contribution in [2.75, 3.05) is 5.43 Å². The van der Waals surface area contributed by atoms with Gasteiger partial charge in [-0.05, 0) is 50.2 Å². The predicted molar refractivity (Wildman–Crippen MR) is 111 cm³/mol. The molecule has 3 rings (SSSR count). The molecule has 0 radical (unpaired) electrons. The summed E-state index contributed by atoms with van der Waals surface area (Å²) in [5.41, 5.74) is 5.57. The zero-order valence-corrected chi connectivity index (χ0v) is 16.8. The van der Waals surface area contributed by atoms with E-state index in [0.717, 1.165) is 5.56 Å². The Morgan fingerprint density at radius 1 is 1.03 bits per heavy atom. The molecule has 0 aliphatic rings. The Labute approximate surface area is 169 Å². The first-order valence-corrected chi connectivity index (χ1v) is 10.3. The molecule has 0 saturated carbocycles. The summed E-state index contributed by atoms with van der Waals surface area (Å²) in [6.45, 7) is 3.26. The Bertz CT molecular complexity index is 1140. The lowest BCUT2D eigenvalue weighted by molar-refractivity contribution is 0.280. The van der Waals surface area contributed by atoms with E-state index < -0.39 is 9.84 Å². The number of nitrogens with one attached hydrogen (secondary N) is 1. The number of sulfone groups is 1. The molecule has 0 aliphatic heterocycles. The number of nitrogens with zero attached hydrogens (tertiary/aromatic N) is 2. The number of hydrogen-bond donors (Lipinski definition) is 3. The average Bonchev–Trinajstić information content (AvgIpc) is 2.72. The summed E-state index contributed by atoms with van der Waals surface area (Å²) in [5.74, 6) is -0.0540. The van der Waals surface area contributed by atoms with E-state index in [1.807, 2.05) is 6.92 Å². The first-order chi connectivity index (χ1) is 13.8. The maximum atomic E-state index is 12.7. The van der Waals surface area contributed by atoms with Gasteiger partial charge in [-0.15, -0.1) is 0 Å². The van der Waals surface area contributed by atoms with Crippen LogP contribution in [0, 0.1) is 13.8 Å². The van der Waals surface area contributed by atoms with Crippen molar-refractivity contribution in [1.29, 1.82) is 0 Å². The van der Waals surface area contributed by atoms with Gasteiger partial charge < -0.3 is 10.2 Å². The number of anilines is 1. The van der Waals surface area contributed by atoms with Gasteiger partial charge in [-0.1, -0.05) is 17.7 Å². The second kappa shape index (κ2) is 8.42. The van der Waals surface area contributed by atoms with Gasteiger partial charge in [0.2, 0.25) is 9.84 Å². The molecule has 0 fully saturated rings. The molecule has 2 aromatic carbocycles. The molecule has 1 aromatic heterocycles. The van der Waals surface area contributed by atoms with E-state index in [4.69, 9.17) is 0 Å². The van der Waals surface area contributed by atoms with Gasteiger partial charge in [0.1, 0.15) is 5.75 Å². The molecular formula is C21H21N3O4S. The number of hydrazone groups is 1. The largest absolute Gasteiger partial charge is 0.505 e. The fraction of sp³-hybridized carbons (Fsp3) is 0.143. The Morgan fingerprint density at radius 3 is 2.21 bits per heavy atom. The van der Waals surface area contributed by atoms with Crippen molar-refractivity contribution in [2.45, 2.75) is 30.2 Å². The monoisotopic (exact) mass is 411 g/mol. The summed E-state index contributed by atoms with van der Waals surface area (Å²) < 4.78 is 25.4. The van der Waals surface area contributed by atoms with Crippen LogP contribution in [0.5, 0.6) is 5.75 Å². The van der Waals surface area contributed by atoms with Crippen molar-refractivity contribution in [2.24, 2.45) is 5.10 Å². The molecule has 3 N–H and O–H groups in total. The fourth-order valence-corrected chi connectivity index (χ4v) is 3.92. The number of pyridine rings is 1. The molecule has 0 spiro atoms. The standard InChI is InChI=1S/C21H21N3O4S/c1-14-3-7-18(8-4-14)29(27,28)19-9-5-17(6-10-19)24-23-12-20-16(13-25)11-22-15(2)21(20)26/h3-12,24-26H,13H2,1-2H3/b23-12+. The van der Waals surface area contributed by atoms with Crippen LogP contribution in [0.1, 0.15) is 22.4 Å². The summed E-state index contributed by atoms with van der Waals surface area (Å²) in [6, 6.07) is 12.9. The molecule has 0 unspecified atom stereocenters. The normalized spacial score (nSPS) is 11.7. The highest BCUT2D eigenvalue weighted by atomic mass is 32.2. The van der Waals surface area contributed by atoms with Crippen molar-refractivity contribution in [1.82, 2.24) is 4.98 Å². The summed E-state index contributed by atoms with van der Waals surface area (Å²) in [6.07, 6.45) is 2.85. The van der Waals surface area contributed by atoms with E-state index in [1.165, 1.54) is 24.5 Å². The third kappa shape index (κ3) is 4.44. The lowest BCUT2D eigenvalue weighted by Crippen LogP contribution is -2.02. The van der Waals surface area contributed by atoms with E-state index >= 15 is 0 Å². The third-order valence-electron chi connectivity index (χ3n) is 4.41. The van der Waals surface area contributed by atoms with Crippen molar-refractivity contribution in [3.63, 3.8) is 0 Å². The first-order valence-electron chi connectivity index (χ1n) is 8.82. The molecule has 8 heteroatoms. The summed E-state index contributed by atoms with van der Waals surface area (Å²) in [4.78, 5) is 4.41. The first kappa shape index (κ1) is 20.5. The van der Waals surface area contributed by atoms with Gasteiger partial charge in [-0.25, -0.2) is 8.42 Å². The maximum absolute atomic E-state index is 12.7. The lowest BCUT2D eigenvalue weighted by Gasteiger charge is -2.08. The number of aliphatic hydroxyl groups excluding tert-OH is 1. The molecule has 0 amide bonds. The second-order valence-corrected chi connectivity index (χ2v) is 8.45. The molecule has 29 heavy (non-hydrogen) atoms. The minimum atomic E-state index is -3.59. The minimum absolute atomic E-state index is 0.0540. The number of rotatable bonds is 6. The molecule has 0 saturated heterocycles. The van der Waals surface area contributed by atoms with Crippen LogP contribution >= 0.6 is 0 Å². The smallest absolute Gasteiger partial charge is 0.206 e. The molecule has 1 heterocycles. The Balaban J connectivity index is 1.77. The van der Waals surface area contributed by atoms with Crippen LogP contribution in [-0.4, -0.2) is 29.8 Å². The van der Waals surface area contributed by atoms with E-state index in [1.54, 1.807) is 43.3 Å². The van der Waals surface area contributed by atoms with Crippen LogP contribution in [0.2, 0.25) is 0 Å². The van der Waals surface area contributed by atoms with E-state index in [9.17, 15) is 18.6 Å². The number of aromatic hydroxyl groups is 1. The quantitative estimate of drug-likeness (QED) is 0.424. The second-order valence-electron chi connectivity index (χ2n) is 6.50. The van der Waals surface area contributed by atoms with Gasteiger partial charge >= 0.3 is 0 Å². The van der Waals surface area contributed by atoms with Crippen molar-refractivity contribution in [3.8, 4) is 5.75 Å². The van der Waals surface area contributed by atoms with Crippen LogP contribution in [0.4, 0.5) is 5.69 Å². The van der Waals surface area contributed by atoms with Crippen LogP contribution in [0.25, 0.3) is 0 Å². The minimum Gasteiger partial charge on any atom is -0.505 e. The lowest BCUT2D eigenvalue weighted by atomic mass is 10.1. The Hall–Kier alpha value is -3.23. The van der Waals surface area contributed by atoms with Crippen molar-refractivity contribution in [3.05, 3.63) is 77.1 Å². The van der Waals surface area contributed by atoms with Gasteiger partial charge in [0, 0.05) is 17.3 Å². The Morgan fingerprint density at radius 2 is 1.62 bits per heavy atom. The highest BCUT2D eigenvalue weighted by Crippen LogP contribution is 2.24. The highest BCUT2D eigenvalue weighted by Gasteiger charge is 2.17. The fourth-order valence-electron chi connectivity index (χ4n) is 2.66. The van der Waals surface area contributed by atoms with E-state index in [-0.39, 0.29) is 22.1 Å². The maximum Gasteiger partial charge on any atom is 0.206 e. The number of aliphatic hydroxyl groups is 1. The zero-order valence-electron chi connectivity index (χ0n) is 16.0. The molecule has 150 valence electrons. The molecule has 3 aromatic rings. The topological polar surface area (TPSA) is 112 Å². The van der Waals surface area contributed by atoms with Crippen LogP contribution in [0.3, 0.4) is 0 Å². The number of aryl methyl sites for hydroxylation is 2. The number of benzene rings is 2. The van der Waals surface area contributed by atoms with Crippen LogP contribution < -0.4 is 5.43 Å². The molecule has 0 aliphatic carbocycles. The van der Waals surface area contributed by atoms with Crippen molar-refractivity contribution >= 4 is 21.7 Å². The van der Waals surface area contributed by atoms with Crippen LogP contribution in [-0.2, 0) is 16.4 Å². The molecule has 7 nitrogen and oxygen atoms in total. The van der Waals surface area contributed by atoms with Crippen LogP contribution in [0.15, 0.2) is 69.6 Å². The van der Waals surface area contributed by atoms with Gasteiger partial charge in [0.25, 0.3) is 0 Å². The SMILES string of the molecule is Cc1ccc(S(=O)(=O)c2ccc(N/N=C/c3c(CO)cnc(C)c3O)cc2)cc1. The molecule has 0 bridgehead atoms. The van der Waals surface area contributed by atoms with E-state index in [0.29, 0.717) is 22.5 Å². The third-order valence-corrected chi connectivity index (χ3v) is 6.20. The van der Waals surface area contributed by atoms with Gasteiger partial charge in [0.05, 0.1) is 34.0 Å².